The predicted molar refractivity (Wildman–Crippen MR) is 55.8 cm³/mol. The maximum Gasteiger partial charge on any atom is 0.0584 e. The normalized spacial score (nSPS) is 24.5. The lowest BCUT2D eigenvalue weighted by Crippen LogP contribution is -2.37. The van der Waals surface area contributed by atoms with Gasteiger partial charge in [-0.25, -0.2) is 0 Å². The maximum absolute atomic E-state index is 9.08. The van der Waals surface area contributed by atoms with Crippen molar-refractivity contribution < 1.29 is 5.11 Å². The van der Waals surface area contributed by atoms with E-state index in [1.54, 1.807) is 0 Å². The standard InChI is InChI=1S/C11H23NO/c1-11(10-13)12-8-6-4-2-3-5-7-9-12/h11,13H,2-10H2,1H3. The van der Waals surface area contributed by atoms with E-state index in [9.17, 15) is 0 Å². The van der Waals surface area contributed by atoms with E-state index in [4.69, 9.17) is 5.11 Å². The molecule has 0 aromatic rings. The van der Waals surface area contributed by atoms with Crippen LogP contribution in [0.2, 0.25) is 0 Å². The van der Waals surface area contributed by atoms with E-state index >= 15 is 0 Å². The average Bonchev–Trinajstić information content (AvgIpc) is 2.29. The Morgan fingerprint density at radius 3 is 1.92 bits per heavy atom. The van der Waals surface area contributed by atoms with Gasteiger partial charge in [0.15, 0.2) is 0 Å². The van der Waals surface area contributed by atoms with Crippen LogP contribution in [0.3, 0.4) is 0 Å². The van der Waals surface area contributed by atoms with Gasteiger partial charge in [-0.15, -0.1) is 0 Å². The van der Waals surface area contributed by atoms with Gasteiger partial charge in [0, 0.05) is 6.04 Å². The largest absolute Gasteiger partial charge is 0.395 e. The molecule has 13 heavy (non-hydrogen) atoms. The Bertz CT molecular complexity index is 117. The van der Waals surface area contributed by atoms with Crippen LogP contribution in [0.4, 0.5) is 0 Å². The quantitative estimate of drug-likeness (QED) is 0.711. The van der Waals surface area contributed by atoms with Gasteiger partial charge in [-0.3, -0.25) is 4.90 Å². The molecule has 2 nitrogen and oxygen atoms in total. The molecule has 1 atom stereocenters. The second-order valence-electron chi connectivity index (χ2n) is 4.19. The van der Waals surface area contributed by atoms with Crippen LogP contribution in [-0.2, 0) is 0 Å². The topological polar surface area (TPSA) is 23.5 Å². The molecule has 1 fully saturated rings. The SMILES string of the molecule is CC(CO)N1CCCCCCCC1. The molecule has 1 unspecified atom stereocenters. The van der Waals surface area contributed by atoms with Gasteiger partial charge >= 0.3 is 0 Å². The van der Waals surface area contributed by atoms with Crippen molar-refractivity contribution in [3.63, 3.8) is 0 Å². The van der Waals surface area contributed by atoms with Gasteiger partial charge in [-0.2, -0.15) is 0 Å². The van der Waals surface area contributed by atoms with Crippen LogP contribution in [0.25, 0.3) is 0 Å². The Hall–Kier alpha value is -0.0800. The average molecular weight is 185 g/mol. The van der Waals surface area contributed by atoms with E-state index in [1.807, 2.05) is 0 Å². The molecular formula is C11H23NO. The lowest BCUT2D eigenvalue weighted by Gasteiger charge is -2.27. The zero-order valence-corrected chi connectivity index (χ0v) is 8.84. The summed E-state index contributed by atoms with van der Waals surface area (Å²) in [5, 5.41) is 9.08. The van der Waals surface area contributed by atoms with E-state index in [0.29, 0.717) is 12.6 Å². The molecule has 78 valence electrons. The third-order valence-corrected chi connectivity index (χ3v) is 3.03. The Morgan fingerprint density at radius 1 is 1.00 bits per heavy atom. The van der Waals surface area contributed by atoms with E-state index in [2.05, 4.69) is 11.8 Å². The van der Waals surface area contributed by atoms with Crippen molar-refractivity contribution in [2.75, 3.05) is 19.7 Å². The van der Waals surface area contributed by atoms with E-state index < -0.39 is 0 Å². The molecule has 0 aliphatic carbocycles. The molecule has 0 radical (unpaired) electrons. The summed E-state index contributed by atoms with van der Waals surface area (Å²) >= 11 is 0. The van der Waals surface area contributed by atoms with Crippen LogP contribution in [0, 0.1) is 0 Å². The van der Waals surface area contributed by atoms with Crippen LogP contribution >= 0.6 is 0 Å². The molecule has 1 saturated heterocycles. The van der Waals surface area contributed by atoms with Gasteiger partial charge in [0.2, 0.25) is 0 Å². The zero-order valence-electron chi connectivity index (χ0n) is 8.84. The van der Waals surface area contributed by atoms with Crippen molar-refractivity contribution in [1.82, 2.24) is 4.90 Å². The summed E-state index contributed by atoms with van der Waals surface area (Å²) in [5.41, 5.74) is 0. The van der Waals surface area contributed by atoms with Gasteiger partial charge in [-0.1, -0.05) is 25.7 Å². The minimum atomic E-state index is 0.306. The van der Waals surface area contributed by atoms with Gasteiger partial charge < -0.3 is 5.11 Å². The minimum absolute atomic E-state index is 0.306. The lowest BCUT2D eigenvalue weighted by molar-refractivity contribution is 0.132. The molecule has 0 aromatic carbocycles. The fraction of sp³-hybridized carbons (Fsp3) is 1.00. The van der Waals surface area contributed by atoms with Gasteiger partial charge in [0.1, 0.15) is 0 Å². The number of hydrogen-bond acceptors (Lipinski definition) is 2. The smallest absolute Gasteiger partial charge is 0.0584 e. The van der Waals surface area contributed by atoms with Crippen LogP contribution in [0.15, 0.2) is 0 Å². The van der Waals surface area contributed by atoms with Crippen LogP contribution in [0.5, 0.6) is 0 Å². The highest BCUT2D eigenvalue weighted by Crippen LogP contribution is 2.12. The summed E-state index contributed by atoms with van der Waals surface area (Å²) in [6, 6.07) is 0.359. The fourth-order valence-electron chi connectivity index (χ4n) is 2.00. The molecule has 1 N–H and O–H groups in total. The highest BCUT2D eigenvalue weighted by Gasteiger charge is 2.12. The van der Waals surface area contributed by atoms with Gasteiger partial charge in [-0.05, 0) is 32.9 Å². The predicted octanol–water partition coefficient (Wildman–Crippen LogP) is 2.02. The molecule has 2 heteroatoms. The first-order valence-electron chi connectivity index (χ1n) is 5.69. The highest BCUT2D eigenvalue weighted by molar-refractivity contribution is 4.67. The number of aliphatic hydroxyl groups excluding tert-OH is 1. The van der Waals surface area contributed by atoms with E-state index in [-0.39, 0.29) is 0 Å². The second kappa shape index (κ2) is 6.39. The molecule has 1 heterocycles. The lowest BCUT2D eigenvalue weighted by atomic mass is 10.1. The van der Waals surface area contributed by atoms with E-state index in [0.717, 1.165) is 0 Å². The molecule has 0 bridgehead atoms. The minimum Gasteiger partial charge on any atom is -0.395 e. The third kappa shape index (κ3) is 4.10. The first-order chi connectivity index (χ1) is 6.34. The first-order valence-corrected chi connectivity index (χ1v) is 5.69. The molecular weight excluding hydrogens is 162 g/mol. The van der Waals surface area contributed by atoms with Crippen LogP contribution in [0.1, 0.15) is 45.4 Å². The Kier molecular flexibility index (Phi) is 5.40. The Balaban J connectivity index is 2.31. The monoisotopic (exact) mass is 185 g/mol. The fourth-order valence-corrected chi connectivity index (χ4v) is 2.00. The van der Waals surface area contributed by atoms with E-state index in [1.165, 1.54) is 51.6 Å². The number of nitrogens with zero attached hydrogens (tertiary/aromatic N) is 1. The molecule has 1 aliphatic heterocycles. The molecule has 0 spiro atoms. The second-order valence-corrected chi connectivity index (χ2v) is 4.19. The van der Waals surface area contributed by atoms with Crippen molar-refractivity contribution in [1.29, 1.82) is 0 Å². The molecule has 0 saturated carbocycles. The Morgan fingerprint density at radius 2 is 1.46 bits per heavy atom. The van der Waals surface area contributed by atoms with Crippen LogP contribution < -0.4 is 0 Å². The summed E-state index contributed by atoms with van der Waals surface area (Å²) in [4.78, 5) is 2.44. The third-order valence-electron chi connectivity index (χ3n) is 3.03. The summed E-state index contributed by atoms with van der Waals surface area (Å²) in [6.45, 7) is 4.79. The summed E-state index contributed by atoms with van der Waals surface area (Å²) in [7, 11) is 0. The van der Waals surface area contributed by atoms with Crippen LogP contribution in [-0.4, -0.2) is 35.7 Å². The summed E-state index contributed by atoms with van der Waals surface area (Å²) in [5.74, 6) is 0. The van der Waals surface area contributed by atoms with Crippen molar-refractivity contribution in [3.05, 3.63) is 0 Å². The summed E-state index contributed by atoms with van der Waals surface area (Å²) in [6.07, 6.45) is 8.17. The molecule has 1 aliphatic rings. The molecule has 0 amide bonds. The molecule has 1 rings (SSSR count). The maximum atomic E-state index is 9.08. The highest BCUT2D eigenvalue weighted by atomic mass is 16.3. The zero-order chi connectivity index (χ0) is 9.52. The number of aliphatic hydroxyl groups is 1. The van der Waals surface area contributed by atoms with Crippen molar-refractivity contribution in [2.24, 2.45) is 0 Å². The summed E-state index contributed by atoms with van der Waals surface area (Å²) < 4.78 is 0. The van der Waals surface area contributed by atoms with Gasteiger partial charge in [0.05, 0.1) is 6.61 Å². The van der Waals surface area contributed by atoms with Crippen molar-refractivity contribution >= 4 is 0 Å². The Labute approximate surface area is 81.9 Å². The number of hydrogen-bond donors (Lipinski definition) is 1. The van der Waals surface area contributed by atoms with Crippen molar-refractivity contribution in [2.45, 2.75) is 51.5 Å². The molecule has 0 aromatic heterocycles. The first kappa shape index (κ1) is 11.0. The van der Waals surface area contributed by atoms with Crippen molar-refractivity contribution in [3.8, 4) is 0 Å². The van der Waals surface area contributed by atoms with Gasteiger partial charge in [0.25, 0.3) is 0 Å². The number of rotatable bonds is 2.